The van der Waals surface area contributed by atoms with Crippen molar-refractivity contribution in [2.45, 2.75) is 51.5 Å². The minimum Gasteiger partial charge on any atom is -0.325 e. The molecule has 1 aliphatic carbocycles. The van der Waals surface area contributed by atoms with Gasteiger partial charge in [-0.1, -0.05) is 42.1 Å². The summed E-state index contributed by atoms with van der Waals surface area (Å²) in [7, 11) is 0. The van der Waals surface area contributed by atoms with Crippen LogP contribution in [-0.4, -0.2) is 15.0 Å². The fraction of sp³-hybridized carbons (Fsp3) is 0.500. The van der Waals surface area contributed by atoms with Crippen LogP contribution >= 0.6 is 11.6 Å². The zero-order valence-corrected chi connectivity index (χ0v) is 13.1. The minimum atomic E-state index is 0.436. The van der Waals surface area contributed by atoms with Crippen LogP contribution in [0.25, 0.3) is 5.69 Å². The Morgan fingerprint density at radius 2 is 2.05 bits per heavy atom. The van der Waals surface area contributed by atoms with Gasteiger partial charge in [-0.3, -0.25) is 0 Å². The quantitative estimate of drug-likeness (QED) is 0.940. The van der Waals surface area contributed by atoms with Crippen LogP contribution in [0.15, 0.2) is 18.2 Å². The topological polar surface area (TPSA) is 56.7 Å². The average molecular weight is 305 g/mol. The van der Waals surface area contributed by atoms with Crippen molar-refractivity contribution >= 4 is 11.6 Å². The van der Waals surface area contributed by atoms with Crippen molar-refractivity contribution in [3.05, 3.63) is 40.2 Å². The first kappa shape index (κ1) is 14.5. The summed E-state index contributed by atoms with van der Waals surface area (Å²) in [6.07, 6.45) is 6.26. The van der Waals surface area contributed by atoms with E-state index in [4.69, 9.17) is 17.3 Å². The SMILES string of the molecule is Cc1ccc(Cl)cc1-n1nnc(CN)c1C1CCCCC1. The zero-order chi connectivity index (χ0) is 14.8. The van der Waals surface area contributed by atoms with Gasteiger partial charge in [-0.25, -0.2) is 4.68 Å². The molecular formula is C16H21ClN4. The molecule has 2 N–H and O–H groups in total. The largest absolute Gasteiger partial charge is 0.325 e. The maximum atomic E-state index is 6.16. The molecule has 4 nitrogen and oxygen atoms in total. The Balaban J connectivity index is 2.10. The zero-order valence-electron chi connectivity index (χ0n) is 12.3. The van der Waals surface area contributed by atoms with Crippen molar-refractivity contribution < 1.29 is 0 Å². The maximum Gasteiger partial charge on any atom is 0.100 e. The smallest absolute Gasteiger partial charge is 0.100 e. The summed E-state index contributed by atoms with van der Waals surface area (Å²) in [5.41, 5.74) is 10.1. The number of nitrogens with two attached hydrogens (primary N) is 1. The molecule has 1 aromatic heterocycles. The summed E-state index contributed by atoms with van der Waals surface area (Å²) >= 11 is 6.16. The van der Waals surface area contributed by atoms with Gasteiger partial charge in [-0.15, -0.1) is 5.10 Å². The number of hydrogen-bond donors (Lipinski definition) is 1. The van der Waals surface area contributed by atoms with E-state index in [0.717, 1.165) is 22.0 Å². The molecule has 0 bridgehead atoms. The molecule has 1 saturated carbocycles. The molecule has 5 heteroatoms. The van der Waals surface area contributed by atoms with Crippen LogP contribution in [0.4, 0.5) is 0 Å². The monoisotopic (exact) mass is 304 g/mol. The van der Waals surface area contributed by atoms with E-state index in [9.17, 15) is 0 Å². The van der Waals surface area contributed by atoms with Gasteiger partial charge in [-0.2, -0.15) is 0 Å². The van der Waals surface area contributed by atoms with E-state index >= 15 is 0 Å². The van der Waals surface area contributed by atoms with E-state index in [1.165, 1.54) is 37.8 Å². The van der Waals surface area contributed by atoms with Crippen LogP contribution < -0.4 is 5.73 Å². The first-order valence-electron chi connectivity index (χ1n) is 7.61. The second-order valence-electron chi connectivity index (χ2n) is 5.80. The highest BCUT2D eigenvalue weighted by molar-refractivity contribution is 6.30. The number of benzene rings is 1. The van der Waals surface area contributed by atoms with Crippen molar-refractivity contribution in [3.8, 4) is 5.69 Å². The Hall–Kier alpha value is -1.39. The van der Waals surface area contributed by atoms with Gasteiger partial charge < -0.3 is 5.73 Å². The van der Waals surface area contributed by atoms with Crippen molar-refractivity contribution in [1.82, 2.24) is 15.0 Å². The van der Waals surface area contributed by atoms with Gasteiger partial charge in [-0.05, 0) is 37.5 Å². The molecule has 21 heavy (non-hydrogen) atoms. The lowest BCUT2D eigenvalue weighted by molar-refractivity contribution is 0.427. The molecule has 0 spiro atoms. The third-order valence-corrected chi connectivity index (χ3v) is 4.60. The van der Waals surface area contributed by atoms with Crippen molar-refractivity contribution in [2.75, 3.05) is 0 Å². The number of rotatable bonds is 3. The standard InChI is InChI=1S/C16H21ClN4/c1-11-7-8-13(17)9-15(11)21-16(14(10-18)19-20-21)12-5-3-2-4-6-12/h7-9,12H,2-6,10,18H2,1H3. The van der Waals surface area contributed by atoms with Crippen molar-refractivity contribution in [2.24, 2.45) is 5.73 Å². The van der Waals surface area contributed by atoms with E-state index in [2.05, 4.69) is 17.2 Å². The predicted molar refractivity (Wildman–Crippen MR) is 84.8 cm³/mol. The molecule has 0 atom stereocenters. The third-order valence-electron chi connectivity index (χ3n) is 4.36. The van der Waals surface area contributed by atoms with Crippen LogP contribution in [0, 0.1) is 6.92 Å². The molecule has 0 saturated heterocycles. The Bertz CT molecular complexity index is 629. The fourth-order valence-electron chi connectivity index (χ4n) is 3.24. The number of hydrogen-bond acceptors (Lipinski definition) is 3. The molecule has 0 unspecified atom stereocenters. The van der Waals surface area contributed by atoms with Crippen LogP contribution in [0.5, 0.6) is 0 Å². The molecule has 0 radical (unpaired) electrons. The summed E-state index contributed by atoms with van der Waals surface area (Å²) < 4.78 is 1.96. The number of aryl methyl sites for hydroxylation is 1. The Morgan fingerprint density at radius 3 is 2.76 bits per heavy atom. The average Bonchev–Trinajstić information content (AvgIpc) is 2.94. The predicted octanol–water partition coefficient (Wildman–Crippen LogP) is 3.74. The molecule has 2 aromatic rings. The highest BCUT2D eigenvalue weighted by Gasteiger charge is 2.25. The lowest BCUT2D eigenvalue weighted by atomic mass is 9.86. The van der Waals surface area contributed by atoms with Crippen molar-refractivity contribution in [3.63, 3.8) is 0 Å². The van der Waals surface area contributed by atoms with Gasteiger partial charge in [0.15, 0.2) is 0 Å². The van der Waals surface area contributed by atoms with E-state index in [-0.39, 0.29) is 0 Å². The van der Waals surface area contributed by atoms with E-state index in [1.807, 2.05) is 22.9 Å². The highest BCUT2D eigenvalue weighted by Crippen LogP contribution is 2.35. The summed E-state index contributed by atoms with van der Waals surface area (Å²) in [5.74, 6) is 0.505. The van der Waals surface area contributed by atoms with Crippen LogP contribution in [0.3, 0.4) is 0 Å². The van der Waals surface area contributed by atoms with Gasteiger partial charge in [0.25, 0.3) is 0 Å². The summed E-state index contributed by atoms with van der Waals surface area (Å²) in [6.45, 7) is 2.51. The second kappa shape index (κ2) is 6.16. The summed E-state index contributed by atoms with van der Waals surface area (Å²) in [4.78, 5) is 0. The molecule has 1 fully saturated rings. The van der Waals surface area contributed by atoms with E-state index in [1.54, 1.807) is 0 Å². The van der Waals surface area contributed by atoms with E-state index < -0.39 is 0 Å². The van der Waals surface area contributed by atoms with E-state index in [0.29, 0.717) is 12.5 Å². The van der Waals surface area contributed by atoms with Gasteiger partial charge in [0.05, 0.1) is 11.4 Å². The van der Waals surface area contributed by atoms with Crippen LogP contribution in [-0.2, 0) is 6.54 Å². The van der Waals surface area contributed by atoms with Gasteiger partial charge >= 0.3 is 0 Å². The third kappa shape index (κ3) is 2.83. The summed E-state index contributed by atoms with van der Waals surface area (Å²) in [5, 5.41) is 9.38. The van der Waals surface area contributed by atoms with Crippen LogP contribution in [0.1, 0.15) is 55.0 Å². The molecule has 1 aromatic carbocycles. The van der Waals surface area contributed by atoms with Gasteiger partial charge in [0, 0.05) is 17.5 Å². The Kier molecular flexibility index (Phi) is 4.27. The second-order valence-corrected chi connectivity index (χ2v) is 6.24. The normalized spacial score (nSPS) is 16.3. The lowest BCUT2D eigenvalue weighted by Gasteiger charge is -2.23. The highest BCUT2D eigenvalue weighted by atomic mass is 35.5. The number of nitrogens with zero attached hydrogens (tertiary/aromatic N) is 3. The Labute approximate surface area is 130 Å². The van der Waals surface area contributed by atoms with Gasteiger partial charge in [0.1, 0.15) is 5.69 Å². The first-order valence-corrected chi connectivity index (χ1v) is 7.99. The molecule has 1 aliphatic rings. The Morgan fingerprint density at radius 1 is 1.29 bits per heavy atom. The van der Waals surface area contributed by atoms with Gasteiger partial charge in [0.2, 0.25) is 0 Å². The summed E-state index contributed by atoms with van der Waals surface area (Å²) in [6, 6.07) is 5.88. The molecule has 0 amide bonds. The molecule has 1 heterocycles. The number of aromatic nitrogens is 3. The maximum absolute atomic E-state index is 6.16. The fourth-order valence-corrected chi connectivity index (χ4v) is 3.41. The number of halogens is 1. The molecule has 3 rings (SSSR count). The van der Waals surface area contributed by atoms with Crippen LogP contribution in [0.2, 0.25) is 5.02 Å². The molecular weight excluding hydrogens is 284 g/mol. The first-order chi connectivity index (χ1) is 10.2. The minimum absolute atomic E-state index is 0.436. The molecule has 0 aliphatic heterocycles. The lowest BCUT2D eigenvalue weighted by Crippen LogP contribution is -2.14. The molecule has 112 valence electrons. The van der Waals surface area contributed by atoms with Crippen molar-refractivity contribution in [1.29, 1.82) is 0 Å².